The average molecular weight is 401 g/mol. The number of rotatable bonds is 3. The molecule has 3 aliphatic rings. The normalized spacial score (nSPS) is 21.5. The summed E-state index contributed by atoms with van der Waals surface area (Å²) in [7, 11) is -3.53. The molecule has 0 bridgehead atoms. The molecule has 1 amide bonds. The zero-order chi connectivity index (χ0) is 19.7. The van der Waals surface area contributed by atoms with Crippen molar-refractivity contribution in [1.29, 1.82) is 0 Å². The number of piperidine rings is 1. The molecule has 1 aromatic carbocycles. The highest BCUT2D eigenvalue weighted by Gasteiger charge is 2.37. The van der Waals surface area contributed by atoms with Gasteiger partial charge in [-0.05, 0) is 44.4 Å². The van der Waals surface area contributed by atoms with Gasteiger partial charge in [0, 0.05) is 24.7 Å². The number of allylic oxidation sites excluding steroid dienone is 5. The molecule has 6 nitrogen and oxygen atoms in total. The second-order valence-electron chi connectivity index (χ2n) is 7.38. The van der Waals surface area contributed by atoms with Gasteiger partial charge in [0.2, 0.25) is 10.0 Å². The van der Waals surface area contributed by atoms with E-state index < -0.39 is 10.0 Å². The second-order valence-corrected chi connectivity index (χ2v) is 9.32. The topological polar surface area (TPSA) is 66.9 Å². The van der Waals surface area contributed by atoms with Crippen molar-refractivity contribution in [3.63, 3.8) is 0 Å². The summed E-state index contributed by atoms with van der Waals surface area (Å²) >= 11 is 0. The van der Waals surface area contributed by atoms with Crippen LogP contribution in [-0.4, -0.2) is 37.9 Å². The highest BCUT2D eigenvalue weighted by molar-refractivity contribution is 7.93. The fraction of sp³-hybridized carbons (Fsp3) is 0.381. The third kappa shape index (κ3) is 3.52. The predicted molar refractivity (Wildman–Crippen MR) is 108 cm³/mol. The SMILES string of the molecule is CC1=CC=C(S(=O)(=O)N2CCC(N3C(=O)OCc4ccccc43)CC2)C=CC1. The largest absolute Gasteiger partial charge is 0.444 e. The van der Waals surface area contributed by atoms with E-state index >= 15 is 0 Å². The molecule has 1 fully saturated rings. The van der Waals surface area contributed by atoms with Crippen molar-refractivity contribution in [2.45, 2.75) is 38.8 Å². The summed E-state index contributed by atoms with van der Waals surface area (Å²) in [4.78, 5) is 14.4. The van der Waals surface area contributed by atoms with Crippen LogP contribution < -0.4 is 4.90 Å². The summed E-state index contributed by atoms with van der Waals surface area (Å²) in [5.74, 6) is 0. The molecule has 2 aliphatic heterocycles. The van der Waals surface area contributed by atoms with Crippen LogP contribution in [0.25, 0.3) is 0 Å². The number of fused-ring (bicyclic) bond motifs is 1. The molecule has 0 aromatic heterocycles. The lowest BCUT2D eigenvalue weighted by molar-refractivity contribution is 0.136. The number of nitrogens with zero attached hydrogens (tertiary/aromatic N) is 2. The van der Waals surface area contributed by atoms with E-state index in [2.05, 4.69) is 0 Å². The number of benzene rings is 1. The number of cyclic esters (lactones) is 1. The van der Waals surface area contributed by atoms with Crippen molar-refractivity contribution in [3.8, 4) is 0 Å². The predicted octanol–water partition coefficient (Wildman–Crippen LogP) is 3.73. The van der Waals surface area contributed by atoms with Gasteiger partial charge < -0.3 is 4.74 Å². The van der Waals surface area contributed by atoms with E-state index in [1.165, 1.54) is 4.31 Å². The number of para-hydroxylation sites is 1. The van der Waals surface area contributed by atoms with Crippen molar-refractivity contribution >= 4 is 21.8 Å². The fourth-order valence-electron chi connectivity index (χ4n) is 3.89. The Morgan fingerprint density at radius 3 is 2.64 bits per heavy atom. The van der Waals surface area contributed by atoms with E-state index in [0.29, 0.717) is 30.8 Å². The number of sulfonamides is 1. The van der Waals surface area contributed by atoms with Crippen LogP contribution in [-0.2, 0) is 21.4 Å². The number of carbonyl (C=O) groups is 1. The van der Waals surface area contributed by atoms with Crippen LogP contribution in [0.15, 0.2) is 59.0 Å². The Kier molecular flexibility index (Phi) is 5.12. The molecule has 148 valence electrons. The van der Waals surface area contributed by atoms with Gasteiger partial charge >= 0.3 is 6.09 Å². The molecule has 1 saturated heterocycles. The second kappa shape index (κ2) is 7.56. The van der Waals surface area contributed by atoms with Crippen molar-refractivity contribution in [3.05, 3.63) is 64.6 Å². The summed E-state index contributed by atoms with van der Waals surface area (Å²) in [6.45, 7) is 3.03. The molecular weight excluding hydrogens is 376 g/mol. The zero-order valence-electron chi connectivity index (χ0n) is 15.9. The van der Waals surface area contributed by atoms with Gasteiger partial charge in [-0.3, -0.25) is 4.90 Å². The van der Waals surface area contributed by atoms with Crippen LogP contribution in [0.1, 0.15) is 31.7 Å². The van der Waals surface area contributed by atoms with Gasteiger partial charge in [-0.25, -0.2) is 13.2 Å². The minimum absolute atomic E-state index is 0.0683. The van der Waals surface area contributed by atoms with E-state index in [-0.39, 0.29) is 18.7 Å². The third-order valence-corrected chi connectivity index (χ3v) is 7.39. The Hall–Kier alpha value is -2.38. The molecular formula is C21H24N2O4S. The molecule has 0 N–H and O–H groups in total. The number of ether oxygens (including phenoxy) is 1. The molecule has 0 spiro atoms. The third-order valence-electron chi connectivity index (χ3n) is 5.48. The van der Waals surface area contributed by atoms with Crippen LogP contribution in [0.5, 0.6) is 0 Å². The van der Waals surface area contributed by atoms with Gasteiger partial charge in [0.15, 0.2) is 0 Å². The highest BCUT2D eigenvalue weighted by Crippen LogP contribution is 2.33. The van der Waals surface area contributed by atoms with Gasteiger partial charge in [0.1, 0.15) is 6.61 Å². The van der Waals surface area contributed by atoms with Crippen LogP contribution >= 0.6 is 0 Å². The number of hydrogen-bond donors (Lipinski definition) is 0. The first-order valence-corrected chi connectivity index (χ1v) is 11.0. The number of hydrogen-bond acceptors (Lipinski definition) is 4. The van der Waals surface area contributed by atoms with Crippen molar-refractivity contribution in [1.82, 2.24) is 4.31 Å². The van der Waals surface area contributed by atoms with E-state index in [1.807, 2.05) is 43.3 Å². The van der Waals surface area contributed by atoms with Crippen LogP contribution in [0.2, 0.25) is 0 Å². The standard InChI is InChI=1S/C21H24N2O4S/c1-16-5-4-7-19(10-9-16)28(25,26)22-13-11-18(12-14-22)23-20-8-3-2-6-17(20)15-27-21(23)24/h2-4,6-10,18H,5,11-15H2,1H3. The first-order valence-electron chi connectivity index (χ1n) is 9.55. The number of anilines is 1. The highest BCUT2D eigenvalue weighted by atomic mass is 32.2. The van der Waals surface area contributed by atoms with E-state index in [0.717, 1.165) is 23.2 Å². The van der Waals surface area contributed by atoms with Crippen molar-refractivity contribution in [2.75, 3.05) is 18.0 Å². The maximum atomic E-state index is 13.0. The summed E-state index contributed by atoms with van der Waals surface area (Å²) in [6, 6.07) is 7.64. The van der Waals surface area contributed by atoms with E-state index in [1.54, 1.807) is 17.1 Å². The van der Waals surface area contributed by atoms with Crippen molar-refractivity contribution < 1.29 is 17.9 Å². The Morgan fingerprint density at radius 2 is 1.86 bits per heavy atom. The van der Waals surface area contributed by atoms with Gasteiger partial charge in [0.25, 0.3) is 0 Å². The Labute approximate surface area is 165 Å². The van der Waals surface area contributed by atoms with Gasteiger partial charge in [0.05, 0.1) is 10.6 Å². The molecule has 0 radical (unpaired) electrons. The van der Waals surface area contributed by atoms with Crippen LogP contribution in [0, 0.1) is 0 Å². The Bertz CT molecular complexity index is 970. The lowest BCUT2D eigenvalue weighted by Crippen LogP contribution is -2.50. The maximum Gasteiger partial charge on any atom is 0.414 e. The minimum atomic E-state index is -3.53. The van der Waals surface area contributed by atoms with Crippen molar-refractivity contribution in [2.24, 2.45) is 0 Å². The first-order chi connectivity index (χ1) is 13.5. The summed E-state index contributed by atoms with van der Waals surface area (Å²) in [6.07, 6.45) is 8.67. The monoisotopic (exact) mass is 400 g/mol. The van der Waals surface area contributed by atoms with Gasteiger partial charge in [-0.1, -0.05) is 35.9 Å². The molecule has 28 heavy (non-hydrogen) atoms. The molecule has 1 aromatic rings. The van der Waals surface area contributed by atoms with Crippen LogP contribution in [0.3, 0.4) is 0 Å². The van der Waals surface area contributed by atoms with Gasteiger partial charge in [-0.15, -0.1) is 0 Å². The molecule has 4 rings (SSSR count). The molecule has 1 aliphatic carbocycles. The minimum Gasteiger partial charge on any atom is -0.444 e. The summed E-state index contributed by atoms with van der Waals surface area (Å²) in [5, 5.41) is 0. The van der Waals surface area contributed by atoms with E-state index in [4.69, 9.17) is 4.74 Å². The molecule has 2 heterocycles. The molecule has 0 saturated carbocycles. The smallest absolute Gasteiger partial charge is 0.414 e. The Balaban J connectivity index is 1.50. The van der Waals surface area contributed by atoms with E-state index in [9.17, 15) is 13.2 Å². The lowest BCUT2D eigenvalue weighted by atomic mass is 10.0. The lowest BCUT2D eigenvalue weighted by Gasteiger charge is -2.39. The summed E-state index contributed by atoms with van der Waals surface area (Å²) in [5.41, 5.74) is 2.98. The maximum absolute atomic E-state index is 13.0. The average Bonchev–Trinajstić information content (AvgIpc) is 2.93. The first kappa shape index (κ1) is 19.0. The fourth-order valence-corrected chi connectivity index (χ4v) is 5.39. The number of carbonyl (C=O) groups excluding carboxylic acids is 1. The summed E-state index contributed by atoms with van der Waals surface area (Å²) < 4.78 is 32.9. The zero-order valence-corrected chi connectivity index (χ0v) is 16.7. The van der Waals surface area contributed by atoms with Crippen LogP contribution in [0.4, 0.5) is 10.5 Å². The Morgan fingerprint density at radius 1 is 1.11 bits per heavy atom. The molecule has 7 heteroatoms. The quantitative estimate of drug-likeness (QED) is 0.775. The number of amides is 1. The molecule has 0 unspecified atom stereocenters. The molecule has 0 atom stereocenters. The van der Waals surface area contributed by atoms with Gasteiger partial charge in [-0.2, -0.15) is 4.31 Å².